The van der Waals surface area contributed by atoms with Gasteiger partial charge in [-0.2, -0.15) is 0 Å². The van der Waals surface area contributed by atoms with Gasteiger partial charge in [0.2, 0.25) is 0 Å². The minimum atomic E-state index is -0.676. The first-order valence-corrected chi connectivity index (χ1v) is 2.28. The van der Waals surface area contributed by atoms with Crippen molar-refractivity contribution in [1.82, 2.24) is 0 Å². The van der Waals surface area contributed by atoms with E-state index in [0.29, 0.717) is 0 Å². The van der Waals surface area contributed by atoms with Crippen LogP contribution in [0.1, 0.15) is 6.92 Å². The Bertz CT molecular complexity index is 31.8. The van der Waals surface area contributed by atoms with Crippen LogP contribution in [0.15, 0.2) is 0 Å². The van der Waals surface area contributed by atoms with E-state index in [1.54, 1.807) is 6.92 Å². The summed E-state index contributed by atoms with van der Waals surface area (Å²) in [4.78, 5) is 0. The van der Waals surface area contributed by atoms with Crippen LogP contribution >= 0.6 is 12.6 Å². The van der Waals surface area contributed by atoms with Crippen molar-refractivity contribution in [2.24, 2.45) is 5.73 Å². The molecule has 0 fully saturated rings. The van der Waals surface area contributed by atoms with E-state index in [9.17, 15) is 0 Å². The normalized spacial score (nSPS) is 20.0. The zero-order valence-corrected chi connectivity index (χ0v) is 4.52. The van der Waals surface area contributed by atoms with Crippen molar-refractivity contribution < 1.29 is 5.11 Å². The quantitative estimate of drug-likeness (QED) is 0.315. The predicted molar refractivity (Wildman–Crippen MR) is 28.6 cm³/mol. The third-order valence-electron chi connectivity index (χ3n) is 0.470. The number of hydrogen-bond donors (Lipinski definition) is 3. The van der Waals surface area contributed by atoms with E-state index in [1.807, 2.05) is 0 Å². The molecule has 0 spiro atoms. The molecule has 0 rings (SSSR count). The number of aliphatic hydroxyl groups excluding tert-OH is 1. The molecule has 2 atom stereocenters. The highest BCUT2D eigenvalue weighted by Gasteiger charge is 1.99. The maximum absolute atomic E-state index is 8.37. The van der Waals surface area contributed by atoms with Crippen LogP contribution < -0.4 is 5.73 Å². The number of hydrogen-bond acceptors (Lipinski definition) is 3. The smallest absolute Gasteiger partial charge is 0.111 e. The van der Waals surface area contributed by atoms with Gasteiger partial charge in [0.1, 0.15) is 5.44 Å². The maximum Gasteiger partial charge on any atom is 0.111 e. The van der Waals surface area contributed by atoms with Crippen molar-refractivity contribution in [2.75, 3.05) is 0 Å². The molecule has 0 aromatic carbocycles. The molecule has 38 valence electrons. The molecule has 0 aliphatic carbocycles. The number of nitrogens with two attached hydrogens (primary N) is 1. The second kappa shape index (κ2) is 2.44. The van der Waals surface area contributed by atoms with Gasteiger partial charge in [-0.3, -0.25) is 0 Å². The third kappa shape index (κ3) is 2.50. The average molecular weight is 107 g/mol. The SMILES string of the molecule is CC(N)C(O)S. The summed E-state index contributed by atoms with van der Waals surface area (Å²) in [6.07, 6.45) is 0. The molecule has 0 amide bonds. The predicted octanol–water partition coefficient (Wildman–Crippen LogP) is -0.418. The van der Waals surface area contributed by atoms with E-state index in [-0.39, 0.29) is 6.04 Å². The van der Waals surface area contributed by atoms with Gasteiger partial charge >= 0.3 is 0 Å². The Hall–Kier alpha value is 0.270. The largest absolute Gasteiger partial charge is 0.381 e. The Morgan fingerprint density at radius 3 is 2.00 bits per heavy atom. The third-order valence-corrected chi connectivity index (χ3v) is 0.941. The highest BCUT2D eigenvalue weighted by molar-refractivity contribution is 7.80. The standard InChI is InChI=1S/C3H9NOS/c1-2(4)3(5)6/h2-3,5-6H,4H2,1H3. The van der Waals surface area contributed by atoms with E-state index in [4.69, 9.17) is 10.8 Å². The van der Waals surface area contributed by atoms with Gasteiger partial charge in [-0.1, -0.05) is 0 Å². The molecular formula is C3H9NOS. The van der Waals surface area contributed by atoms with Gasteiger partial charge < -0.3 is 10.8 Å². The minimum Gasteiger partial charge on any atom is -0.381 e. The molecule has 0 aromatic heterocycles. The molecule has 0 aliphatic rings. The molecule has 6 heavy (non-hydrogen) atoms. The molecule has 0 aromatic rings. The lowest BCUT2D eigenvalue weighted by Gasteiger charge is -2.04. The highest BCUT2D eigenvalue weighted by Crippen LogP contribution is 1.90. The van der Waals surface area contributed by atoms with Gasteiger partial charge in [0.15, 0.2) is 0 Å². The van der Waals surface area contributed by atoms with Crippen molar-refractivity contribution in [3.05, 3.63) is 0 Å². The molecule has 3 N–H and O–H groups in total. The molecule has 0 radical (unpaired) electrons. The van der Waals surface area contributed by atoms with Crippen LogP contribution in [0.3, 0.4) is 0 Å². The zero-order valence-electron chi connectivity index (χ0n) is 3.63. The fourth-order valence-electron chi connectivity index (χ4n) is 0. The fraction of sp³-hybridized carbons (Fsp3) is 1.00. The number of rotatable bonds is 1. The highest BCUT2D eigenvalue weighted by atomic mass is 32.1. The van der Waals surface area contributed by atoms with Crippen molar-refractivity contribution >= 4 is 12.6 Å². The molecule has 0 saturated heterocycles. The second-order valence-electron chi connectivity index (χ2n) is 1.27. The van der Waals surface area contributed by atoms with Gasteiger partial charge in [0, 0.05) is 6.04 Å². The van der Waals surface area contributed by atoms with Crippen molar-refractivity contribution in [3.63, 3.8) is 0 Å². The molecule has 2 nitrogen and oxygen atoms in total. The van der Waals surface area contributed by atoms with Crippen LogP contribution in [0, 0.1) is 0 Å². The first-order valence-electron chi connectivity index (χ1n) is 1.76. The van der Waals surface area contributed by atoms with Crippen molar-refractivity contribution in [2.45, 2.75) is 18.4 Å². The molecule has 0 heterocycles. The van der Waals surface area contributed by atoms with Gasteiger partial charge in [0.25, 0.3) is 0 Å². The van der Waals surface area contributed by atoms with Crippen molar-refractivity contribution in [3.8, 4) is 0 Å². The lowest BCUT2D eigenvalue weighted by molar-refractivity contribution is 0.240. The molecule has 0 aliphatic heterocycles. The van der Waals surface area contributed by atoms with Crippen LogP contribution in [0.2, 0.25) is 0 Å². The van der Waals surface area contributed by atoms with Crippen LogP contribution in [-0.4, -0.2) is 16.6 Å². The first kappa shape index (κ1) is 6.27. The number of aliphatic hydroxyl groups is 1. The van der Waals surface area contributed by atoms with E-state index in [0.717, 1.165) is 0 Å². The lowest BCUT2D eigenvalue weighted by Crippen LogP contribution is -2.26. The van der Waals surface area contributed by atoms with Gasteiger partial charge in [0.05, 0.1) is 0 Å². The van der Waals surface area contributed by atoms with Gasteiger partial charge in [-0.05, 0) is 6.92 Å². The Labute approximate surface area is 42.8 Å². The summed E-state index contributed by atoms with van der Waals surface area (Å²) in [7, 11) is 0. The Morgan fingerprint density at radius 2 is 2.00 bits per heavy atom. The van der Waals surface area contributed by atoms with E-state index >= 15 is 0 Å². The zero-order chi connectivity index (χ0) is 5.15. The molecule has 0 saturated carbocycles. The van der Waals surface area contributed by atoms with E-state index < -0.39 is 5.44 Å². The maximum atomic E-state index is 8.37. The van der Waals surface area contributed by atoms with Crippen LogP contribution in [0.4, 0.5) is 0 Å². The lowest BCUT2D eigenvalue weighted by atomic mass is 10.4. The van der Waals surface area contributed by atoms with Gasteiger partial charge in [-0.25, -0.2) is 0 Å². The summed E-state index contributed by atoms with van der Waals surface area (Å²) in [6, 6.07) is -0.228. The topological polar surface area (TPSA) is 46.2 Å². The Morgan fingerprint density at radius 1 is 1.83 bits per heavy atom. The summed E-state index contributed by atoms with van der Waals surface area (Å²) in [5, 5.41) is 8.37. The summed E-state index contributed by atoms with van der Waals surface area (Å²) in [6.45, 7) is 1.69. The molecule has 3 heteroatoms. The molecule has 0 bridgehead atoms. The van der Waals surface area contributed by atoms with Crippen LogP contribution in [-0.2, 0) is 0 Å². The van der Waals surface area contributed by atoms with Crippen LogP contribution in [0.25, 0.3) is 0 Å². The monoisotopic (exact) mass is 107 g/mol. The van der Waals surface area contributed by atoms with Crippen LogP contribution in [0.5, 0.6) is 0 Å². The Kier molecular flexibility index (Phi) is 2.55. The molecule has 2 unspecified atom stereocenters. The average Bonchev–Trinajstić information content (AvgIpc) is 1.36. The number of thiol groups is 1. The minimum absolute atomic E-state index is 0.228. The second-order valence-corrected chi connectivity index (χ2v) is 1.80. The Balaban J connectivity index is 2.99. The summed E-state index contributed by atoms with van der Waals surface area (Å²) < 4.78 is 0. The van der Waals surface area contributed by atoms with Gasteiger partial charge in [-0.15, -0.1) is 12.6 Å². The fourth-order valence-corrected chi connectivity index (χ4v) is 0. The molecular weight excluding hydrogens is 98.1 g/mol. The summed E-state index contributed by atoms with van der Waals surface area (Å²) in [5.41, 5.74) is 4.43. The van der Waals surface area contributed by atoms with E-state index in [2.05, 4.69) is 12.6 Å². The summed E-state index contributed by atoms with van der Waals surface area (Å²) in [5.74, 6) is 0. The van der Waals surface area contributed by atoms with E-state index in [1.165, 1.54) is 0 Å². The van der Waals surface area contributed by atoms with Crippen molar-refractivity contribution in [1.29, 1.82) is 0 Å². The first-order chi connectivity index (χ1) is 2.64. The summed E-state index contributed by atoms with van der Waals surface area (Å²) >= 11 is 3.62.